The Bertz CT molecular complexity index is 4510. The van der Waals surface area contributed by atoms with Crippen molar-refractivity contribution >= 4 is 123 Å². The molecule has 12 rings (SSSR count). The zero-order chi connectivity index (χ0) is 64.5. The van der Waals surface area contributed by atoms with Gasteiger partial charge in [0.05, 0.1) is 39.2 Å². The second kappa shape index (κ2) is 28.1. The number of aryl methyl sites for hydroxylation is 4. The smallest absolute Gasteiger partial charge is 0.280 e. The van der Waals surface area contributed by atoms with Crippen LogP contribution in [-0.4, -0.2) is 126 Å². The third-order valence-corrected chi connectivity index (χ3v) is 30.7. The van der Waals surface area contributed by atoms with Gasteiger partial charge in [-0.1, -0.05) is 150 Å². The predicted molar refractivity (Wildman–Crippen MR) is 337 cm³/mol. The largest absolute Gasteiger partial charge is 0.412 e. The minimum Gasteiger partial charge on any atom is -0.412 e. The number of hydrogen-bond acceptors (Lipinski definition) is 20. The summed E-state index contributed by atoms with van der Waals surface area (Å²) >= 11 is 0. The molecule has 0 fully saturated rings. The van der Waals surface area contributed by atoms with Crippen LogP contribution in [0.3, 0.4) is 0 Å². The Labute approximate surface area is 532 Å². The first-order chi connectivity index (χ1) is 41.3. The summed E-state index contributed by atoms with van der Waals surface area (Å²) in [6, 6.07) is 31.5. The van der Waals surface area contributed by atoms with Crippen LogP contribution >= 0.6 is 0 Å². The van der Waals surface area contributed by atoms with Gasteiger partial charge < -0.3 is 21.9 Å². The quantitative estimate of drug-likeness (QED) is 0.113. The van der Waals surface area contributed by atoms with E-state index in [2.05, 4.69) is 0 Å². The lowest BCUT2D eigenvalue weighted by Gasteiger charge is -2.25. The molecule has 4 aliphatic rings. The van der Waals surface area contributed by atoms with Crippen molar-refractivity contribution in [1.29, 1.82) is 0 Å². The molecule has 28 nitrogen and oxygen atoms in total. The van der Waals surface area contributed by atoms with Crippen LogP contribution in [0, 0.1) is 0 Å². The average Bonchev–Trinajstić information content (AvgIpc) is 0.740. The van der Waals surface area contributed by atoms with E-state index in [-0.39, 0.29) is 82.6 Å². The fourth-order valence-electron chi connectivity index (χ4n) is 10.9. The molecule has 0 saturated carbocycles. The Morgan fingerprint density at radius 1 is 0.261 bits per heavy atom. The van der Waals surface area contributed by atoms with Crippen LogP contribution in [0.2, 0.25) is 0 Å². The van der Waals surface area contributed by atoms with E-state index in [9.17, 15) is 88.2 Å². The number of hydrogen-bond donors (Lipinski definition) is 4. The lowest BCUT2D eigenvalue weighted by molar-refractivity contribution is 0.0937. The van der Waals surface area contributed by atoms with Crippen LogP contribution in [-0.2, 0) is 106 Å². The van der Waals surface area contributed by atoms with E-state index < -0.39 is 95.7 Å². The molecule has 8 aromatic rings. The molecule has 0 bridgehead atoms. The molecule has 4 aliphatic heterocycles. The lowest BCUT2D eigenvalue weighted by atomic mass is 10.0. The van der Waals surface area contributed by atoms with Gasteiger partial charge in [-0.05, 0) is 119 Å². The Morgan fingerprint density at radius 3 is 0.598 bits per heavy atom. The highest BCUT2D eigenvalue weighted by molar-refractivity contribution is 8.06. The molecule has 0 radical (unpaired) electrons. The number of nitrogens with zero attached hydrogens (tertiary/aromatic N) is 4. The lowest BCUT2D eigenvalue weighted by Crippen LogP contribution is -2.37. The fourth-order valence-corrected chi connectivity index (χ4v) is 25.3. The molecule has 36 heteroatoms. The summed E-state index contributed by atoms with van der Waals surface area (Å²) < 4.78 is 196. The van der Waals surface area contributed by atoms with Gasteiger partial charge in [0.25, 0.3) is 80.2 Å². The van der Waals surface area contributed by atoms with Crippen LogP contribution in [0.15, 0.2) is 160 Å². The Kier molecular flexibility index (Phi) is 23.4. The molecule has 504 valence electrons. The molecule has 12 N–H and O–H groups in total. The maximum Gasteiger partial charge on any atom is 0.280 e. The zero-order valence-electron chi connectivity index (χ0n) is 49.4. The van der Waals surface area contributed by atoms with E-state index in [1.165, 1.54) is 48.5 Å². The second-order valence-corrected chi connectivity index (χ2v) is 35.5. The van der Waals surface area contributed by atoms with Crippen molar-refractivity contribution in [2.24, 2.45) is 0 Å². The summed E-state index contributed by atoms with van der Waals surface area (Å²) in [6.07, 6.45) is 8.60. The first kappa shape index (κ1) is 76.6. The Balaban J connectivity index is 0.000000219. The predicted octanol–water partition coefficient (Wildman–Crippen LogP) is 5.76. The maximum atomic E-state index is 12.5. The van der Waals surface area contributed by atoms with Crippen LogP contribution in [0.1, 0.15) is 101 Å². The van der Waals surface area contributed by atoms with Gasteiger partial charge in [-0.15, -0.1) is 0 Å². The topological polar surface area (TPSA) is 493 Å². The van der Waals surface area contributed by atoms with Gasteiger partial charge in [0.2, 0.25) is 0 Å². The summed E-state index contributed by atoms with van der Waals surface area (Å²) in [6.45, 7) is 7.93. The molecule has 0 aromatic heterocycles. The van der Waals surface area contributed by atoms with Crippen LogP contribution in [0.25, 0.3) is 43.1 Å². The standard InChI is InChI=1S/4C14H15NO5S2.4H2O/c4*1-2-3-5-11-9-8-10-6-4-7-12-13(10)14(11)22(19,20)15(16)21(12,17)18;;;;/h4*4,6-9,16H,2-3,5H2,1H3;4*1H2. The van der Waals surface area contributed by atoms with Crippen molar-refractivity contribution in [3.05, 3.63) is 144 Å². The number of rotatable bonds is 12. The van der Waals surface area contributed by atoms with Gasteiger partial charge >= 0.3 is 0 Å². The van der Waals surface area contributed by atoms with E-state index >= 15 is 0 Å². The third-order valence-electron chi connectivity index (χ3n) is 15.2. The van der Waals surface area contributed by atoms with Crippen molar-refractivity contribution in [3.8, 4) is 0 Å². The highest BCUT2D eigenvalue weighted by Gasteiger charge is 2.48. The normalized spacial score (nSPS) is 18.5. The SMILES string of the molecule is CCCCc1ccc2cccc3c2c1S(=O)(=O)N(O)S3(=O)=O.CCCCc1ccc2cccc3c2c1S(=O)(=O)N(O)S3(=O)=O.CCCCc1ccc2cccc3c2c1S(=O)(=O)N(O)S3(=O)=O.CCCCc1ccc2cccc3c2c1S(=O)(=O)N(O)S3(=O)=O.O.O.O.O. The molecule has 8 aromatic carbocycles. The van der Waals surface area contributed by atoms with E-state index in [1.54, 1.807) is 72.8 Å². The van der Waals surface area contributed by atoms with Crippen LogP contribution < -0.4 is 0 Å². The summed E-state index contributed by atoms with van der Waals surface area (Å²) in [7, 11) is -35.9. The van der Waals surface area contributed by atoms with Crippen LogP contribution in [0.4, 0.5) is 0 Å². The van der Waals surface area contributed by atoms with Crippen LogP contribution in [0.5, 0.6) is 0 Å². The van der Waals surface area contributed by atoms with Gasteiger partial charge in [0.15, 0.2) is 0 Å². The van der Waals surface area contributed by atoms with Gasteiger partial charge in [-0.25, -0.2) is 67.3 Å². The monoisotopic (exact) mass is 1440 g/mol. The van der Waals surface area contributed by atoms with E-state index in [0.29, 0.717) is 69.5 Å². The molecule has 4 heterocycles. The van der Waals surface area contributed by atoms with Crippen molar-refractivity contribution in [2.45, 2.75) is 144 Å². The Morgan fingerprint density at radius 2 is 0.435 bits per heavy atom. The Hall–Kier alpha value is -6.08. The van der Waals surface area contributed by atoms with E-state index in [0.717, 1.165) is 51.4 Å². The summed E-state index contributed by atoms with van der Waals surface area (Å²) in [5.74, 6) is 0. The number of sulfonamides is 8. The number of unbranched alkanes of at least 4 members (excludes halogenated alkanes) is 4. The molecular weight excluding hydrogens is 1370 g/mol. The summed E-state index contributed by atoms with van der Waals surface area (Å²) in [4.78, 5) is -1.16. The van der Waals surface area contributed by atoms with Gasteiger partial charge in [-0.2, -0.15) is 0 Å². The van der Waals surface area contributed by atoms with E-state index in [4.69, 9.17) is 0 Å². The first-order valence-corrected chi connectivity index (χ1v) is 38.9. The highest BCUT2D eigenvalue weighted by atomic mass is 32.3. The molecule has 0 saturated heterocycles. The van der Waals surface area contributed by atoms with Gasteiger partial charge in [0, 0.05) is 37.0 Å². The molecule has 92 heavy (non-hydrogen) atoms. The minimum absolute atomic E-state index is 0. The van der Waals surface area contributed by atoms with Crippen molar-refractivity contribution in [1.82, 2.24) is 15.5 Å². The minimum atomic E-state index is -4.49. The maximum absolute atomic E-state index is 12.5. The van der Waals surface area contributed by atoms with Crippen molar-refractivity contribution < 1.29 is 110 Å². The summed E-state index contributed by atoms with van der Waals surface area (Å²) in [5.41, 5.74) is 2.10. The molecule has 0 spiro atoms. The zero-order valence-corrected chi connectivity index (χ0v) is 55.9. The number of benzene rings is 8. The highest BCUT2D eigenvalue weighted by Crippen LogP contribution is 2.45. The molecule has 0 aliphatic carbocycles. The molecule has 0 unspecified atom stereocenters. The first-order valence-electron chi connectivity index (χ1n) is 27.4. The molecule has 0 amide bonds. The van der Waals surface area contributed by atoms with Gasteiger partial charge in [0.1, 0.15) is 0 Å². The van der Waals surface area contributed by atoms with E-state index in [1.807, 2.05) is 27.7 Å². The van der Waals surface area contributed by atoms with Crippen molar-refractivity contribution in [2.75, 3.05) is 0 Å². The van der Waals surface area contributed by atoms with Crippen molar-refractivity contribution in [3.63, 3.8) is 0 Å². The molecule has 0 atom stereocenters. The second-order valence-electron chi connectivity index (χ2n) is 20.8. The third kappa shape index (κ3) is 12.6. The fraction of sp³-hybridized carbons (Fsp3) is 0.286. The molecular formula is C56H68N4O24S8. The average molecular weight is 1440 g/mol. The van der Waals surface area contributed by atoms with Gasteiger partial charge in [-0.3, -0.25) is 20.8 Å². The summed E-state index contributed by atoms with van der Waals surface area (Å²) in [5, 5.41) is 41.8.